The van der Waals surface area contributed by atoms with Gasteiger partial charge in [0.15, 0.2) is 0 Å². The van der Waals surface area contributed by atoms with Gasteiger partial charge < -0.3 is 12.4 Å². The summed E-state index contributed by atoms with van der Waals surface area (Å²) in [5.74, 6) is 1.20. The minimum atomic E-state index is 0. The van der Waals surface area contributed by atoms with E-state index in [1.165, 1.54) is 24.2 Å². The molecule has 0 radical (unpaired) electrons. The maximum absolute atomic E-state index is 4.53. The average molecular weight is 277 g/mol. The lowest BCUT2D eigenvalue weighted by Gasteiger charge is -2.28. The van der Waals surface area contributed by atoms with Gasteiger partial charge in [-0.3, -0.25) is 0 Å². The second-order valence-corrected chi connectivity index (χ2v) is 4.70. The normalized spacial score (nSPS) is 20.8. The molecule has 102 valence electrons. The van der Waals surface area contributed by atoms with Crippen molar-refractivity contribution in [2.24, 2.45) is 4.99 Å². The summed E-state index contributed by atoms with van der Waals surface area (Å²) in [5.41, 5.74) is 1.31. The van der Waals surface area contributed by atoms with Gasteiger partial charge in [-0.05, 0) is 13.0 Å². The monoisotopic (exact) mass is 276 g/mol. The number of aliphatic imine (C=N–C) groups is 1. The van der Waals surface area contributed by atoms with Gasteiger partial charge in [-0.15, -0.1) is 0 Å². The van der Waals surface area contributed by atoms with Gasteiger partial charge >= 0.3 is 0 Å². The molecule has 0 N–H and O–H groups in total. The first-order valence-electron chi connectivity index (χ1n) is 6.60. The largest absolute Gasteiger partial charge is 1.00 e. The predicted octanol–water partition coefficient (Wildman–Crippen LogP) is 1.22. The molecule has 0 amide bonds. The average Bonchev–Trinajstić information content (AvgIpc) is 2.81. The van der Waals surface area contributed by atoms with E-state index in [1.54, 1.807) is 0 Å². The highest BCUT2D eigenvalue weighted by atomic mass is 35.5. The molecular weight excluding hydrogens is 256 g/mol. The fourth-order valence-corrected chi connectivity index (χ4v) is 2.30. The molecular formula is C16H21ClN2. The van der Waals surface area contributed by atoms with E-state index in [-0.39, 0.29) is 12.4 Å². The van der Waals surface area contributed by atoms with Crippen molar-refractivity contribution in [3.05, 3.63) is 61.1 Å². The van der Waals surface area contributed by atoms with E-state index in [0.717, 1.165) is 13.0 Å². The van der Waals surface area contributed by atoms with Crippen LogP contribution in [0, 0.1) is 0 Å². The van der Waals surface area contributed by atoms with Crippen molar-refractivity contribution in [2.45, 2.75) is 32.7 Å². The van der Waals surface area contributed by atoms with Gasteiger partial charge in [-0.25, -0.2) is 9.48 Å². The molecule has 3 heteroatoms. The summed E-state index contributed by atoms with van der Waals surface area (Å²) in [6.07, 6.45) is 9.46. The van der Waals surface area contributed by atoms with Crippen molar-refractivity contribution in [1.29, 1.82) is 0 Å². The second kappa shape index (κ2) is 7.27. The lowest BCUT2D eigenvalue weighted by atomic mass is 10.1. The smallest absolute Gasteiger partial charge is 0.212 e. The van der Waals surface area contributed by atoms with Crippen LogP contribution < -0.4 is 12.4 Å². The second-order valence-electron chi connectivity index (χ2n) is 4.70. The fraction of sp³-hybridized carbons (Fsp3) is 0.312. The van der Waals surface area contributed by atoms with E-state index in [2.05, 4.69) is 49.0 Å². The number of hydrogen-bond acceptors (Lipinski definition) is 1. The highest BCUT2D eigenvalue weighted by molar-refractivity contribution is 5.78. The van der Waals surface area contributed by atoms with Crippen molar-refractivity contribution in [3.63, 3.8) is 0 Å². The minimum absolute atomic E-state index is 0. The van der Waals surface area contributed by atoms with Gasteiger partial charge in [-0.2, -0.15) is 0 Å². The molecule has 1 aliphatic rings. The van der Waals surface area contributed by atoms with Crippen LogP contribution in [0.15, 0.2) is 60.5 Å². The fourth-order valence-electron chi connectivity index (χ4n) is 2.30. The molecule has 0 aliphatic carbocycles. The molecule has 1 heterocycles. The molecule has 19 heavy (non-hydrogen) atoms. The van der Waals surface area contributed by atoms with Crippen LogP contribution in [0.1, 0.15) is 31.7 Å². The zero-order valence-electron chi connectivity index (χ0n) is 11.4. The Bertz CT molecular complexity index is 465. The van der Waals surface area contributed by atoms with E-state index in [1.807, 2.05) is 18.5 Å². The summed E-state index contributed by atoms with van der Waals surface area (Å²) < 4.78 is 0.671. The molecule has 1 aliphatic heterocycles. The van der Waals surface area contributed by atoms with E-state index < -0.39 is 0 Å². The van der Waals surface area contributed by atoms with Crippen molar-refractivity contribution in [3.8, 4) is 0 Å². The third kappa shape index (κ3) is 3.55. The summed E-state index contributed by atoms with van der Waals surface area (Å²) in [4.78, 5) is 4.53. The first-order chi connectivity index (χ1) is 8.80. The summed E-state index contributed by atoms with van der Waals surface area (Å²) in [6.45, 7) is 7.13. The highest BCUT2D eigenvalue weighted by Gasteiger charge is 2.32. The van der Waals surface area contributed by atoms with E-state index in [0.29, 0.717) is 4.48 Å². The summed E-state index contributed by atoms with van der Waals surface area (Å²) in [6, 6.07) is 10.5. The highest BCUT2D eigenvalue weighted by Crippen LogP contribution is 2.25. The Morgan fingerprint density at radius 3 is 2.63 bits per heavy atom. The van der Waals surface area contributed by atoms with Crippen molar-refractivity contribution in [2.75, 3.05) is 0 Å². The SMILES string of the molecule is C=C[N+]1(Cc2ccccc2)C=CN=C1CCCC.[Cl-]. The molecule has 0 spiro atoms. The Kier molecular flexibility index (Phi) is 6.00. The molecule has 2 rings (SSSR count). The minimum Gasteiger partial charge on any atom is -1.00 e. The lowest BCUT2D eigenvalue weighted by molar-refractivity contribution is -0.745. The van der Waals surface area contributed by atoms with E-state index >= 15 is 0 Å². The van der Waals surface area contributed by atoms with Gasteiger partial charge in [0, 0.05) is 12.0 Å². The Hall–Kier alpha value is -1.38. The molecule has 1 aromatic carbocycles. The number of hydrogen-bond donors (Lipinski definition) is 0. The molecule has 1 aromatic rings. The number of unbranched alkanes of at least 4 members (excludes halogenated alkanes) is 1. The van der Waals surface area contributed by atoms with Crippen LogP contribution >= 0.6 is 0 Å². The van der Waals surface area contributed by atoms with Crippen molar-refractivity contribution >= 4 is 5.84 Å². The molecule has 2 nitrogen and oxygen atoms in total. The first kappa shape index (κ1) is 15.7. The van der Waals surface area contributed by atoms with Gasteiger partial charge in [0.05, 0.1) is 12.4 Å². The summed E-state index contributed by atoms with van der Waals surface area (Å²) >= 11 is 0. The zero-order valence-corrected chi connectivity index (χ0v) is 12.2. The first-order valence-corrected chi connectivity index (χ1v) is 6.60. The van der Waals surface area contributed by atoms with Crippen LogP contribution in [0.2, 0.25) is 0 Å². The Labute approximate surface area is 122 Å². The zero-order chi connectivity index (χ0) is 12.8. The lowest BCUT2D eigenvalue weighted by Crippen LogP contribution is -3.00. The molecule has 0 saturated heterocycles. The van der Waals surface area contributed by atoms with Crippen LogP contribution in [-0.2, 0) is 6.54 Å². The Morgan fingerprint density at radius 1 is 1.26 bits per heavy atom. The maximum atomic E-state index is 4.53. The standard InChI is InChI=1S/C16H21N2.ClH/c1-3-5-11-16-17-12-13-18(16,4-2)14-15-9-7-6-8-10-15;/h4,6-10,12-13H,2-3,5,11,14H2,1H3;1H/q+1;/p-1. The maximum Gasteiger partial charge on any atom is 0.212 e. The molecule has 0 fully saturated rings. The third-order valence-corrected chi connectivity index (χ3v) is 3.40. The van der Waals surface area contributed by atoms with Gasteiger partial charge in [0.1, 0.15) is 12.7 Å². The number of quaternary nitrogens is 1. The Morgan fingerprint density at radius 2 is 2.00 bits per heavy atom. The van der Waals surface area contributed by atoms with Crippen LogP contribution in [0.3, 0.4) is 0 Å². The summed E-state index contributed by atoms with van der Waals surface area (Å²) in [5, 5.41) is 0. The van der Waals surface area contributed by atoms with Crippen molar-refractivity contribution < 1.29 is 16.9 Å². The number of amidine groups is 1. The van der Waals surface area contributed by atoms with Crippen LogP contribution in [0.5, 0.6) is 0 Å². The topological polar surface area (TPSA) is 12.4 Å². The molecule has 0 saturated carbocycles. The molecule has 1 atom stereocenters. The molecule has 1 unspecified atom stereocenters. The van der Waals surface area contributed by atoms with Gasteiger partial charge in [0.25, 0.3) is 0 Å². The Balaban J connectivity index is 0.00000180. The number of benzene rings is 1. The van der Waals surface area contributed by atoms with Gasteiger partial charge in [0.2, 0.25) is 5.84 Å². The number of nitrogens with zero attached hydrogens (tertiary/aromatic N) is 2. The predicted molar refractivity (Wildman–Crippen MR) is 76.7 cm³/mol. The molecule has 0 aromatic heterocycles. The number of rotatable bonds is 6. The van der Waals surface area contributed by atoms with Gasteiger partial charge in [-0.1, -0.05) is 43.7 Å². The van der Waals surface area contributed by atoms with Crippen LogP contribution in [0.4, 0.5) is 0 Å². The quantitative estimate of drug-likeness (QED) is 0.693. The van der Waals surface area contributed by atoms with Crippen LogP contribution in [0.25, 0.3) is 0 Å². The van der Waals surface area contributed by atoms with E-state index in [4.69, 9.17) is 0 Å². The third-order valence-electron chi connectivity index (χ3n) is 3.40. The van der Waals surface area contributed by atoms with E-state index in [9.17, 15) is 0 Å². The number of halogens is 1. The van der Waals surface area contributed by atoms with Crippen molar-refractivity contribution in [1.82, 2.24) is 0 Å². The van der Waals surface area contributed by atoms with Crippen LogP contribution in [-0.4, -0.2) is 10.3 Å². The summed E-state index contributed by atoms with van der Waals surface area (Å²) in [7, 11) is 0. The molecule has 0 bridgehead atoms.